The summed E-state index contributed by atoms with van der Waals surface area (Å²) in [5.74, 6) is -0.682. The van der Waals surface area contributed by atoms with Gasteiger partial charge in [-0.25, -0.2) is 4.39 Å². The highest BCUT2D eigenvalue weighted by Crippen LogP contribution is 2.40. The minimum absolute atomic E-state index is 0.476. The Morgan fingerprint density at radius 3 is 1.94 bits per heavy atom. The predicted octanol–water partition coefficient (Wildman–Crippen LogP) is 1.92. The van der Waals surface area contributed by atoms with E-state index in [9.17, 15) is 22.7 Å². The zero-order valence-electron chi connectivity index (χ0n) is 8.42. The molecule has 0 aliphatic heterocycles. The van der Waals surface area contributed by atoms with Crippen LogP contribution in [0.1, 0.15) is 12.5 Å². The molecule has 2 unspecified atom stereocenters. The van der Waals surface area contributed by atoms with Crippen LogP contribution in [0.25, 0.3) is 0 Å². The van der Waals surface area contributed by atoms with E-state index >= 15 is 0 Å². The Hall–Kier alpha value is -1.14. The smallest absolute Gasteiger partial charge is 0.375 e. The summed E-state index contributed by atoms with van der Waals surface area (Å²) in [5, 5.41) is 9.61. The highest BCUT2D eigenvalue weighted by Gasteiger charge is 2.57. The zero-order valence-corrected chi connectivity index (χ0v) is 8.42. The summed E-state index contributed by atoms with van der Waals surface area (Å²) in [6, 6.07) is 1.86. The number of halogens is 4. The van der Waals surface area contributed by atoms with Gasteiger partial charge in [0, 0.05) is 6.04 Å². The van der Waals surface area contributed by atoms with Crippen molar-refractivity contribution in [3.63, 3.8) is 0 Å². The standard InChI is InChI=1S/C10H11F4NO/c1-6(15)9(16,10(12,13)14)7-2-4-8(11)5-3-7/h2-6,16H,15H2,1H3. The Morgan fingerprint density at radius 2 is 1.62 bits per heavy atom. The molecule has 0 aliphatic rings. The second kappa shape index (κ2) is 4.03. The Balaban J connectivity index is 3.28. The van der Waals surface area contributed by atoms with E-state index in [2.05, 4.69) is 0 Å². The third-order valence-electron chi connectivity index (χ3n) is 2.38. The quantitative estimate of drug-likeness (QED) is 0.772. The molecule has 0 amide bonds. The molecule has 0 saturated carbocycles. The topological polar surface area (TPSA) is 46.2 Å². The van der Waals surface area contributed by atoms with Crippen LogP contribution in [0, 0.1) is 5.82 Å². The molecule has 0 fully saturated rings. The van der Waals surface area contributed by atoms with E-state index in [0.29, 0.717) is 0 Å². The van der Waals surface area contributed by atoms with Crippen LogP contribution in [0.3, 0.4) is 0 Å². The maximum absolute atomic E-state index is 12.7. The first-order valence-electron chi connectivity index (χ1n) is 4.50. The average Bonchev–Trinajstić information content (AvgIpc) is 2.15. The number of nitrogens with two attached hydrogens (primary N) is 1. The molecule has 2 nitrogen and oxygen atoms in total. The number of hydrogen-bond donors (Lipinski definition) is 2. The summed E-state index contributed by atoms with van der Waals surface area (Å²) in [7, 11) is 0. The second-order valence-electron chi connectivity index (χ2n) is 3.56. The Kier molecular flexibility index (Phi) is 3.25. The van der Waals surface area contributed by atoms with E-state index < -0.39 is 29.2 Å². The largest absolute Gasteiger partial charge is 0.422 e. The fourth-order valence-corrected chi connectivity index (χ4v) is 1.39. The molecule has 1 rings (SSSR count). The van der Waals surface area contributed by atoms with Gasteiger partial charge >= 0.3 is 6.18 Å². The molecule has 90 valence electrons. The highest BCUT2D eigenvalue weighted by atomic mass is 19.4. The monoisotopic (exact) mass is 237 g/mol. The molecule has 0 aromatic heterocycles. The summed E-state index contributed by atoms with van der Waals surface area (Å²) in [5.41, 5.74) is 1.52. The van der Waals surface area contributed by atoms with Gasteiger partial charge in [0.05, 0.1) is 0 Å². The minimum atomic E-state index is -4.92. The lowest BCUT2D eigenvalue weighted by Gasteiger charge is -2.34. The summed E-state index contributed by atoms with van der Waals surface area (Å²) < 4.78 is 50.7. The lowest BCUT2D eigenvalue weighted by atomic mass is 9.87. The van der Waals surface area contributed by atoms with Crippen LogP contribution in [0.15, 0.2) is 24.3 Å². The predicted molar refractivity (Wildman–Crippen MR) is 50.0 cm³/mol. The normalized spacial score (nSPS) is 17.9. The minimum Gasteiger partial charge on any atom is -0.375 e. The van der Waals surface area contributed by atoms with E-state index in [1.54, 1.807) is 0 Å². The number of alkyl halides is 3. The SMILES string of the molecule is CC(N)C(O)(c1ccc(F)cc1)C(F)(F)F. The van der Waals surface area contributed by atoms with Crippen LogP contribution < -0.4 is 5.73 Å². The molecule has 6 heteroatoms. The molecule has 0 bridgehead atoms. The Labute approximate surface area is 89.7 Å². The third-order valence-corrected chi connectivity index (χ3v) is 2.38. The van der Waals surface area contributed by atoms with Crippen molar-refractivity contribution in [1.82, 2.24) is 0 Å². The maximum Gasteiger partial charge on any atom is 0.422 e. The first-order valence-corrected chi connectivity index (χ1v) is 4.50. The van der Waals surface area contributed by atoms with Crippen LogP contribution in [0.2, 0.25) is 0 Å². The zero-order chi connectivity index (χ0) is 12.6. The Morgan fingerprint density at radius 1 is 1.19 bits per heavy atom. The van der Waals surface area contributed by atoms with E-state index in [0.717, 1.165) is 31.2 Å². The molecule has 0 aliphatic carbocycles. The maximum atomic E-state index is 12.7. The Bertz CT molecular complexity index is 360. The van der Waals surface area contributed by atoms with Gasteiger partial charge in [-0.3, -0.25) is 0 Å². The molecule has 16 heavy (non-hydrogen) atoms. The van der Waals surface area contributed by atoms with E-state index in [-0.39, 0.29) is 0 Å². The lowest BCUT2D eigenvalue weighted by molar-refractivity contribution is -0.272. The first kappa shape index (κ1) is 12.9. The summed E-state index contributed by atoms with van der Waals surface area (Å²) in [6.45, 7) is 1.04. The van der Waals surface area contributed by atoms with Crippen molar-refractivity contribution >= 4 is 0 Å². The van der Waals surface area contributed by atoms with E-state index in [1.807, 2.05) is 0 Å². The van der Waals surface area contributed by atoms with Gasteiger partial charge in [0.25, 0.3) is 0 Å². The van der Waals surface area contributed by atoms with Gasteiger partial charge in [-0.2, -0.15) is 13.2 Å². The number of benzene rings is 1. The van der Waals surface area contributed by atoms with Crippen molar-refractivity contribution in [3.8, 4) is 0 Å². The molecule has 0 radical (unpaired) electrons. The van der Waals surface area contributed by atoms with Crippen molar-refractivity contribution in [2.75, 3.05) is 0 Å². The van der Waals surface area contributed by atoms with Gasteiger partial charge in [0.15, 0.2) is 0 Å². The fourth-order valence-electron chi connectivity index (χ4n) is 1.39. The van der Waals surface area contributed by atoms with Crippen molar-refractivity contribution in [1.29, 1.82) is 0 Å². The summed E-state index contributed by atoms with van der Waals surface area (Å²) in [4.78, 5) is 0. The number of aliphatic hydroxyl groups is 1. The molecule has 3 N–H and O–H groups in total. The van der Waals surface area contributed by atoms with Crippen LogP contribution in [-0.2, 0) is 5.60 Å². The number of rotatable bonds is 2. The molecular weight excluding hydrogens is 226 g/mol. The van der Waals surface area contributed by atoms with Gasteiger partial charge in [0.1, 0.15) is 5.82 Å². The molecule has 0 spiro atoms. The van der Waals surface area contributed by atoms with Crippen LogP contribution in [-0.4, -0.2) is 17.3 Å². The van der Waals surface area contributed by atoms with Crippen LogP contribution in [0.4, 0.5) is 17.6 Å². The third kappa shape index (κ3) is 2.03. The number of hydrogen-bond acceptors (Lipinski definition) is 2. The van der Waals surface area contributed by atoms with Gasteiger partial charge < -0.3 is 10.8 Å². The lowest BCUT2D eigenvalue weighted by Crippen LogP contribution is -2.54. The van der Waals surface area contributed by atoms with Gasteiger partial charge in [0.2, 0.25) is 5.60 Å². The molecule has 2 atom stereocenters. The van der Waals surface area contributed by atoms with Crippen molar-refractivity contribution < 1.29 is 22.7 Å². The van der Waals surface area contributed by atoms with Gasteiger partial charge in [-0.15, -0.1) is 0 Å². The van der Waals surface area contributed by atoms with Crippen molar-refractivity contribution in [2.45, 2.75) is 24.7 Å². The van der Waals surface area contributed by atoms with Crippen LogP contribution >= 0.6 is 0 Å². The first-order chi connectivity index (χ1) is 7.19. The van der Waals surface area contributed by atoms with Gasteiger partial charge in [-0.1, -0.05) is 12.1 Å². The van der Waals surface area contributed by atoms with Gasteiger partial charge in [-0.05, 0) is 24.6 Å². The van der Waals surface area contributed by atoms with Crippen molar-refractivity contribution in [2.24, 2.45) is 5.73 Å². The molecule has 1 aromatic rings. The molecule has 0 heterocycles. The highest BCUT2D eigenvalue weighted by molar-refractivity contribution is 5.26. The van der Waals surface area contributed by atoms with E-state index in [1.165, 1.54) is 0 Å². The summed E-state index contributed by atoms with van der Waals surface area (Å²) in [6.07, 6.45) is -4.92. The fraction of sp³-hybridized carbons (Fsp3) is 0.400. The average molecular weight is 237 g/mol. The second-order valence-corrected chi connectivity index (χ2v) is 3.56. The molecule has 1 aromatic carbocycles. The summed E-state index contributed by atoms with van der Waals surface area (Å²) >= 11 is 0. The molecule has 0 saturated heterocycles. The van der Waals surface area contributed by atoms with Crippen molar-refractivity contribution in [3.05, 3.63) is 35.6 Å². The van der Waals surface area contributed by atoms with E-state index in [4.69, 9.17) is 5.73 Å². The van der Waals surface area contributed by atoms with Crippen LogP contribution in [0.5, 0.6) is 0 Å². The molecular formula is C10H11F4NO.